The normalized spacial score (nSPS) is 50.3. The lowest BCUT2D eigenvalue weighted by molar-refractivity contribution is -0.228. The van der Waals surface area contributed by atoms with Gasteiger partial charge in [0.1, 0.15) is 12.2 Å². The molecular formula is C25H31F3O5S. The van der Waals surface area contributed by atoms with Crippen LogP contribution in [0.3, 0.4) is 0 Å². The number of halogens is 3. The Balaban J connectivity index is 1.87. The Labute approximate surface area is 208 Å². The second-order valence-electron chi connectivity index (χ2n) is 10.3. The van der Waals surface area contributed by atoms with Crippen LogP contribution >= 0.6 is 11.8 Å². The fraction of sp³-hybridized carbons (Fsp3) is 0.720. The summed E-state index contributed by atoms with van der Waals surface area (Å²) >= 11 is 0.140. The standard InChI is InChI=1S/C25H31F3O5S/c1-5-20(31)33-25(21(32)34-12-26)13(2)8-15-16-10-18(27)17-9-14(29)6-7-22(17,3)24(16,28)19(30)11-23(15,25)4/h6-7,9,13,15-16,18-19,30H,5,8,10-12H2,1-4H3/i1D3,5D2. The molecule has 0 aliphatic heterocycles. The van der Waals surface area contributed by atoms with E-state index in [4.69, 9.17) is 11.6 Å². The van der Waals surface area contributed by atoms with Crippen molar-refractivity contribution >= 4 is 28.6 Å². The van der Waals surface area contributed by atoms with Crippen molar-refractivity contribution in [3.63, 3.8) is 0 Å². The quantitative estimate of drug-likeness (QED) is 0.570. The topological polar surface area (TPSA) is 80.7 Å². The minimum absolute atomic E-state index is 0.0350. The Hall–Kier alpha value is -1.61. The highest BCUT2D eigenvalue weighted by atomic mass is 32.2. The molecule has 0 aromatic rings. The smallest absolute Gasteiger partial charge is 0.306 e. The molecular weight excluding hydrogens is 469 g/mol. The van der Waals surface area contributed by atoms with Crippen LogP contribution in [0.2, 0.25) is 0 Å². The molecule has 9 heteroatoms. The van der Waals surface area contributed by atoms with Crippen molar-refractivity contribution in [1.82, 2.24) is 0 Å². The maximum absolute atomic E-state index is 17.4. The number of aliphatic hydroxyl groups excluding tert-OH is 1. The third kappa shape index (κ3) is 3.01. The van der Waals surface area contributed by atoms with Crippen LogP contribution in [0, 0.1) is 28.6 Å². The molecule has 0 saturated heterocycles. The summed E-state index contributed by atoms with van der Waals surface area (Å²) in [5.41, 5.74) is -8.28. The highest BCUT2D eigenvalue weighted by Crippen LogP contribution is 2.72. The second kappa shape index (κ2) is 8.22. The van der Waals surface area contributed by atoms with E-state index in [1.54, 1.807) is 0 Å². The number of aliphatic hydroxyl groups is 1. The summed E-state index contributed by atoms with van der Waals surface area (Å²) in [4.78, 5) is 38.6. The Morgan fingerprint density at radius 3 is 2.71 bits per heavy atom. The van der Waals surface area contributed by atoms with E-state index < -0.39 is 101 Å². The van der Waals surface area contributed by atoms with Crippen LogP contribution in [0.5, 0.6) is 0 Å². The number of fused-ring (bicyclic) bond motifs is 5. The van der Waals surface area contributed by atoms with Gasteiger partial charge in [0.15, 0.2) is 17.1 Å². The highest BCUT2D eigenvalue weighted by molar-refractivity contribution is 8.13. The Kier molecular flexibility index (Phi) is 4.73. The zero-order valence-corrected chi connectivity index (χ0v) is 19.9. The van der Waals surface area contributed by atoms with E-state index in [0.717, 1.165) is 12.2 Å². The van der Waals surface area contributed by atoms with Gasteiger partial charge in [-0.3, -0.25) is 14.4 Å². The Morgan fingerprint density at radius 2 is 2.06 bits per heavy atom. The molecule has 9 unspecified atom stereocenters. The number of thioether (sulfide) groups is 1. The number of rotatable bonds is 4. The summed E-state index contributed by atoms with van der Waals surface area (Å²) in [6, 6.07) is -1.24. The number of allylic oxidation sites excluding steroid dienone is 4. The summed E-state index contributed by atoms with van der Waals surface area (Å²) in [5.74, 6) is -5.53. The Morgan fingerprint density at radius 1 is 1.35 bits per heavy atom. The van der Waals surface area contributed by atoms with Gasteiger partial charge >= 0.3 is 5.97 Å². The van der Waals surface area contributed by atoms with Gasteiger partial charge in [0, 0.05) is 35.9 Å². The summed E-state index contributed by atoms with van der Waals surface area (Å²) in [6.45, 7) is 0.830. The number of hydrogen-bond acceptors (Lipinski definition) is 6. The number of carbonyl (C=O) groups is 3. The van der Waals surface area contributed by atoms with E-state index in [1.807, 2.05) is 0 Å². The van der Waals surface area contributed by atoms with Crippen molar-refractivity contribution < 1.29 is 44.3 Å². The van der Waals surface area contributed by atoms with Crippen molar-refractivity contribution in [1.29, 1.82) is 0 Å². The highest BCUT2D eigenvalue weighted by Gasteiger charge is 2.78. The van der Waals surface area contributed by atoms with Gasteiger partial charge in [-0.2, -0.15) is 0 Å². The SMILES string of the molecule is [2H]C([2H])([2H])C([2H])([2H])C(=O)OC1(C(=O)SCF)C(C)CC2C3CC(F)C4=CC(=O)C=CC4(C)C3(F)C(O)CC21C. The largest absolute Gasteiger partial charge is 0.449 e. The zero-order valence-electron chi connectivity index (χ0n) is 24.1. The molecule has 9 atom stereocenters. The molecule has 0 heterocycles. The molecule has 0 amide bonds. The van der Waals surface area contributed by atoms with Crippen LogP contribution in [0.4, 0.5) is 13.2 Å². The Bertz CT molecular complexity index is 1160. The van der Waals surface area contributed by atoms with Crippen LogP contribution in [0.15, 0.2) is 23.8 Å². The molecule has 0 spiro atoms. The molecule has 0 aromatic carbocycles. The van der Waals surface area contributed by atoms with Crippen molar-refractivity contribution in [2.24, 2.45) is 28.6 Å². The average molecular weight is 506 g/mol. The van der Waals surface area contributed by atoms with Gasteiger partial charge in [-0.1, -0.05) is 26.8 Å². The molecule has 4 aliphatic carbocycles. The second-order valence-corrected chi connectivity index (χ2v) is 11.2. The number of ether oxygens (including phenoxy) is 1. The molecule has 1 N–H and O–H groups in total. The van der Waals surface area contributed by atoms with E-state index in [9.17, 15) is 23.9 Å². The van der Waals surface area contributed by atoms with Crippen LogP contribution in [-0.2, 0) is 19.1 Å². The third-order valence-electron chi connectivity index (χ3n) is 9.01. The van der Waals surface area contributed by atoms with Gasteiger partial charge in [0.05, 0.1) is 6.10 Å². The molecule has 5 nitrogen and oxygen atoms in total. The first-order chi connectivity index (χ1) is 17.8. The lowest BCUT2D eigenvalue weighted by atomic mass is 9.44. The predicted molar refractivity (Wildman–Crippen MR) is 121 cm³/mol. The number of alkyl halides is 3. The fourth-order valence-corrected chi connectivity index (χ4v) is 8.34. The number of esters is 1. The van der Waals surface area contributed by atoms with Gasteiger partial charge in [-0.15, -0.1) is 0 Å². The third-order valence-corrected chi connectivity index (χ3v) is 9.69. The van der Waals surface area contributed by atoms with Crippen molar-refractivity contribution in [3.05, 3.63) is 23.8 Å². The summed E-state index contributed by atoms with van der Waals surface area (Å²) in [6.07, 6.45) is -4.77. The molecule has 3 saturated carbocycles. The van der Waals surface area contributed by atoms with Gasteiger partial charge in [-0.05, 0) is 61.6 Å². The molecule has 34 heavy (non-hydrogen) atoms. The van der Waals surface area contributed by atoms with Crippen molar-refractivity contribution in [3.8, 4) is 0 Å². The molecule has 3 fully saturated rings. The number of ketones is 1. The predicted octanol–water partition coefficient (Wildman–Crippen LogP) is 4.43. The first-order valence-electron chi connectivity index (χ1n) is 13.7. The monoisotopic (exact) mass is 505 g/mol. The maximum atomic E-state index is 17.4. The van der Waals surface area contributed by atoms with Gasteiger partial charge in [-0.25, -0.2) is 13.2 Å². The first kappa shape index (κ1) is 19.6. The lowest BCUT2D eigenvalue weighted by Crippen LogP contribution is -2.70. The number of hydrogen-bond donors (Lipinski definition) is 1. The first-order valence-corrected chi connectivity index (χ1v) is 12.2. The van der Waals surface area contributed by atoms with Gasteiger partial charge in [0.25, 0.3) is 0 Å². The van der Waals surface area contributed by atoms with Gasteiger partial charge in [0.2, 0.25) is 5.12 Å². The van der Waals surface area contributed by atoms with E-state index in [1.165, 1.54) is 26.8 Å². The average Bonchev–Trinajstić information content (AvgIpc) is 3.03. The summed E-state index contributed by atoms with van der Waals surface area (Å²) in [7, 11) is 0. The minimum atomic E-state index is -3.53. The van der Waals surface area contributed by atoms with E-state index in [2.05, 4.69) is 0 Å². The fourth-order valence-electron chi connectivity index (χ4n) is 7.55. The molecule has 0 aromatic heterocycles. The molecule has 4 rings (SSSR count). The number of carbonyl (C=O) groups excluding carboxylic acids is 3. The van der Waals surface area contributed by atoms with E-state index >= 15 is 8.78 Å². The van der Waals surface area contributed by atoms with Crippen LogP contribution in [0.25, 0.3) is 0 Å². The molecule has 0 bridgehead atoms. The van der Waals surface area contributed by atoms with E-state index in [-0.39, 0.29) is 23.8 Å². The molecule has 4 aliphatic rings. The van der Waals surface area contributed by atoms with Crippen LogP contribution in [-0.4, -0.2) is 51.5 Å². The maximum Gasteiger partial charge on any atom is 0.306 e. The van der Waals surface area contributed by atoms with E-state index in [0.29, 0.717) is 0 Å². The zero-order chi connectivity index (χ0) is 29.6. The summed E-state index contributed by atoms with van der Waals surface area (Å²) < 4.78 is 90.0. The van der Waals surface area contributed by atoms with Crippen molar-refractivity contribution in [2.75, 3.05) is 6.01 Å². The molecule has 188 valence electrons. The van der Waals surface area contributed by atoms with Crippen LogP contribution < -0.4 is 0 Å². The van der Waals surface area contributed by atoms with Crippen LogP contribution in [0.1, 0.15) is 60.1 Å². The molecule has 0 radical (unpaired) electrons. The lowest BCUT2D eigenvalue weighted by Gasteiger charge is -2.63. The minimum Gasteiger partial charge on any atom is -0.449 e. The van der Waals surface area contributed by atoms with Crippen molar-refractivity contribution in [2.45, 2.75) is 76.8 Å². The summed E-state index contributed by atoms with van der Waals surface area (Å²) in [5, 5.41) is 10.4. The van der Waals surface area contributed by atoms with Gasteiger partial charge < -0.3 is 9.84 Å².